The molecule has 0 aliphatic carbocycles. The fourth-order valence-electron chi connectivity index (χ4n) is 1.26. The van der Waals surface area contributed by atoms with E-state index >= 15 is 0 Å². The number of oxazole rings is 1. The maximum atomic E-state index is 11.9. The van der Waals surface area contributed by atoms with Gasteiger partial charge in [-0.2, -0.15) is 4.98 Å². The monoisotopic (exact) mass is 254 g/mol. The molecule has 0 radical (unpaired) electrons. The number of hydrogen-bond donors (Lipinski definition) is 2. The summed E-state index contributed by atoms with van der Waals surface area (Å²) in [6.45, 7) is 1.67. The van der Waals surface area contributed by atoms with E-state index in [1.54, 1.807) is 6.92 Å². The lowest BCUT2D eigenvalue weighted by molar-refractivity contribution is 0.459. The van der Waals surface area contributed by atoms with Crippen LogP contribution in [0.5, 0.6) is 5.75 Å². The lowest BCUT2D eigenvalue weighted by atomic mass is 10.3. The summed E-state index contributed by atoms with van der Waals surface area (Å²) in [5.74, 6) is -0.330. The summed E-state index contributed by atoms with van der Waals surface area (Å²) in [5.41, 5.74) is 0.556. The first-order valence-electron chi connectivity index (χ1n) is 4.72. The highest BCUT2D eigenvalue weighted by atomic mass is 32.2. The molecule has 0 fully saturated rings. The van der Waals surface area contributed by atoms with E-state index in [4.69, 9.17) is 4.42 Å². The number of aromatic hydroxyl groups is 1. The van der Waals surface area contributed by atoms with E-state index in [1.807, 2.05) is 0 Å². The van der Waals surface area contributed by atoms with Gasteiger partial charge in [0.15, 0.2) is 0 Å². The van der Waals surface area contributed by atoms with Gasteiger partial charge in [-0.25, -0.2) is 13.1 Å². The van der Waals surface area contributed by atoms with E-state index in [1.165, 1.54) is 30.5 Å². The first-order chi connectivity index (χ1) is 7.99. The van der Waals surface area contributed by atoms with Crippen molar-refractivity contribution < 1.29 is 17.9 Å². The SMILES string of the molecule is Cc1coc(NS(=O)(=O)c2ccccc2O)n1. The van der Waals surface area contributed by atoms with Crippen LogP contribution in [0.1, 0.15) is 5.69 Å². The van der Waals surface area contributed by atoms with Gasteiger partial charge in [-0.1, -0.05) is 12.1 Å². The van der Waals surface area contributed by atoms with Crippen molar-refractivity contribution in [1.82, 2.24) is 4.98 Å². The molecule has 0 saturated heterocycles. The second-order valence-electron chi connectivity index (χ2n) is 3.37. The number of benzene rings is 1. The number of hydrogen-bond acceptors (Lipinski definition) is 5. The van der Waals surface area contributed by atoms with Crippen LogP contribution in [-0.4, -0.2) is 18.5 Å². The molecule has 2 aromatic rings. The number of rotatable bonds is 3. The highest BCUT2D eigenvalue weighted by Gasteiger charge is 2.20. The summed E-state index contributed by atoms with van der Waals surface area (Å²) in [4.78, 5) is 3.59. The number of aryl methyl sites for hydroxylation is 1. The zero-order valence-corrected chi connectivity index (χ0v) is 9.73. The molecule has 0 saturated carbocycles. The third kappa shape index (κ3) is 2.39. The van der Waals surface area contributed by atoms with Gasteiger partial charge in [0.05, 0.1) is 5.69 Å². The predicted octanol–water partition coefficient (Wildman–Crippen LogP) is 1.49. The molecule has 90 valence electrons. The number of anilines is 1. The van der Waals surface area contributed by atoms with Gasteiger partial charge in [0.25, 0.3) is 10.0 Å². The van der Waals surface area contributed by atoms with Crippen LogP contribution in [0, 0.1) is 6.92 Å². The molecule has 17 heavy (non-hydrogen) atoms. The summed E-state index contributed by atoms with van der Waals surface area (Å²) in [5, 5.41) is 9.46. The smallest absolute Gasteiger partial charge is 0.309 e. The van der Waals surface area contributed by atoms with Crippen molar-refractivity contribution in [3.05, 3.63) is 36.2 Å². The number of phenolic OH excluding ortho intramolecular Hbond substituents is 1. The normalized spacial score (nSPS) is 11.4. The summed E-state index contributed by atoms with van der Waals surface area (Å²) >= 11 is 0. The zero-order chi connectivity index (χ0) is 12.5. The van der Waals surface area contributed by atoms with Gasteiger partial charge in [0, 0.05) is 0 Å². The van der Waals surface area contributed by atoms with Crippen molar-refractivity contribution in [2.24, 2.45) is 0 Å². The maximum absolute atomic E-state index is 11.9. The second kappa shape index (κ2) is 4.10. The van der Waals surface area contributed by atoms with Gasteiger partial charge in [-0.3, -0.25) is 0 Å². The van der Waals surface area contributed by atoms with Gasteiger partial charge in [-0.15, -0.1) is 0 Å². The quantitative estimate of drug-likeness (QED) is 0.865. The molecule has 0 unspecified atom stereocenters. The first kappa shape index (κ1) is 11.5. The molecule has 1 heterocycles. The second-order valence-corrected chi connectivity index (χ2v) is 5.02. The molecule has 1 aromatic carbocycles. The molecule has 0 atom stereocenters. The van der Waals surface area contributed by atoms with Gasteiger partial charge < -0.3 is 9.52 Å². The van der Waals surface area contributed by atoms with E-state index in [-0.39, 0.29) is 16.7 Å². The zero-order valence-electron chi connectivity index (χ0n) is 8.91. The highest BCUT2D eigenvalue weighted by Crippen LogP contribution is 2.23. The van der Waals surface area contributed by atoms with Gasteiger partial charge >= 0.3 is 6.01 Å². The Hall–Kier alpha value is -2.02. The molecule has 0 aliphatic rings. The van der Waals surface area contributed by atoms with Crippen LogP contribution in [0.25, 0.3) is 0 Å². The largest absolute Gasteiger partial charge is 0.507 e. The predicted molar refractivity (Wildman–Crippen MR) is 60.2 cm³/mol. The van der Waals surface area contributed by atoms with Crippen LogP contribution in [0.15, 0.2) is 39.8 Å². The van der Waals surface area contributed by atoms with Crippen molar-refractivity contribution in [2.75, 3.05) is 4.72 Å². The van der Waals surface area contributed by atoms with Crippen LogP contribution >= 0.6 is 0 Å². The molecular weight excluding hydrogens is 244 g/mol. The number of phenols is 1. The van der Waals surface area contributed by atoms with Crippen molar-refractivity contribution in [1.29, 1.82) is 0 Å². The number of nitrogens with one attached hydrogen (secondary N) is 1. The third-order valence-corrected chi connectivity index (χ3v) is 3.36. The minimum atomic E-state index is -3.89. The lowest BCUT2D eigenvalue weighted by Crippen LogP contribution is -2.13. The molecule has 0 amide bonds. The standard InChI is InChI=1S/C10H10N2O4S/c1-7-6-16-10(11-7)12-17(14,15)9-5-3-2-4-8(9)13/h2-6,13H,1H3,(H,11,12). The van der Waals surface area contributed by atoms with Gasteiger partial charge in [-0.05, 0) is 19.1 Å². The summed E-state index contributed by atoms with van der Waals surface area (Å²) in [7, 11) is -3.89. The summed E-state index contributed by atoms with van der Waals surface area (Å²) in [6.07, 6.45) is 1.32. The molecule has 6 nitrogen and oxygen atoms in total. The Morgan fingerprint density at radius 1 is 1.35 bits per heavy atom. The molecule has 0 aliphatic heterocycles. The topological polar surface area (TPSA) is 92.4 Å². The van der Waals surface area contributed by atoms with E-state index < -0.39 is 10.0 Å². The Bertz CT molecular complexity index is 633. The summed E-state index contributed by atoms with van der Waals surface area (Å²) < 4.78 is 30.7. The molecule has 1 aromatic heterocycles. The third-order valence-electron chi connectivity index (χ3n) is 2.00. The maximum Gasteiger partial charge on any atom is 0.309 e. The number of para-hydroxylation sites is 1. The molecular formula is C10H10N2O4S. The van der Waals surface area contributed by atoms with Gasteiger partial charge in [0.1, 0.15) is 16.9 Å². The van der Waals surface area contributed by atoms with Crippen LogP contribution in [0.2, 0.25) is 0 Å². The first-order valence-corrected chi connectivity index (χ1v) is 6.20. The minimum Gasteiger partial charge on any atom is -0.507 e. The molecule has 2 N–H and O–H groups in total. The Labute approximate surface area is 98.0 Å². The average molecular weight is 254 g/mol. The lowest BCUT2D eigenvalue weighted by Gasteiger charge is -2.05. The highest BCUT2D eigenvalue weighted by molar-refractivity contribution is 7.92. The Balaban J connectivity index is 2.35. The van der Waals surface area contributed by atoms with Crippen LogP contribution in [0.3, 0.4) is 0 Å². The summed E-state index contributed by atoms with van der Waals surface area (Å²) in [6, 6.07) is 5.48. The van der Waals surface area contributed by atoms with Gasteiger partial charge in [0.2, 0.25) is 0 Å². The molecule has 0 spiro atoms. The van der Waals surface area contributed by atoms with E-state index in [0.29, 0.717) is 5.69 Å². The number of nitrogens with zero attached hydrogens (tertiary/aromatic N) is 1. The fourth-order valence-corrected chi connectivity index (χ4v) is 2.29. The van der Waals surface area contributed by atoms with E-state index in [2.05, 4.69) is 9.71 Å². The van der Waals surface area contributed by atoms with Crippen molar-refractivity contribution in [3.63, 3.8) is 0 Å². The van der Waals surface area contributed by atoms with Crippen molar-refractivity contribution >= 4 is 16.0 Å². The van der Waals surface area contributed by atoms with Crippen LogP contribution in [-0.2, 0) is 10.0 Å². The minimum absolute atomic E-state index is 0.134. The molecule has 2 rings (SSSR count). The van der Waals surface area contributed by atoms with Crippen molar-refractivity contribution in [3.8, 4) is 5.75 Å². The fraction of sp³-hybridized carbons (Fsp3) is 0.100. The average Bonchev–Trinajstić information content (AvgIpc) is 2.63. The molecule has 7 heteroatoms. The van der Waals surface area contributed by atoms with Crippen molar-refractivity contribution in [2.45, 2.75) is 11.8 Å². The Morgan fingerprint density at radius 2 is 2.06 bits per heavy atom. The van der Waals surface area contributed by atoms with E-state index in [0.717, 1.165) is 0 Å². The number of sulfonamides is 1. The number of aromatic nitrogens is 1. The Kier molecular flexibility index (Phi) is 2.76. The van der Waals surface area contributed by atoms with E-state index in [9.17, 15) is 13.5 Å². The molecule has 0 bridgehead atoms. The van der Waals surface area contributed by atoms with Crippen LogP contribution in [0.4, 0.5) is 6.01 Å². The Morgan fingerprint density at radius 3 is 2.65 bits per heavy atom. The van der Waals surface area contributed by atoms with Crippen LogP contribution < -0.4 is 4.72 Å².